The molecule has 0 N–H and O–H groups in total. The van der Waals surface area contributed by atoms with E-state index >= 15 is 4.39 Å². The van der Waals surface area contributed by atoms with Crippen molar-refractivity contribution in [2.75, 3.05) is 0 Å². The molecule has 2 saturated carbocycles. The lowest BCUT2D eigenvalue weighted by Gasteiger charge is -2.41. The van der Waals surface area contributed by atoms with Gasteiger partial charge in [0.05, 0.1) is 12.7 Å². The first kappa shape index (κ1) is 15.6. The molecule has 0 saturated heterocycles. The van der Waals surface area contributed by atoms with Gasteiger partial charge in [-0.3, -0.25) is 0 Å². The molecule has 2 aliphatic carbocycles. The molecular weight excluding hydrogens is 305 g/mol. The van der Waals surface area contributed by atoms with Gasteiger partial charge in [-0.2, -0.15) is 0 Å². The molecule has 0 radical (unpaired) electrons. The van der Waals surface area contributed by atoms with Crippen LogP contribution in [0.2, 0.25) is 0 Å². The maximum Gasteiger partial charge on any atom is 0.213 e. The van der Waals surface area contributed by atoms with Crippen LogP contribution < -0.4 is 4.74 Å². The number of aromatic nitrogens is 1. The van der Waals surface area contributed by atoms with Crippen molar-refractivity contribution >= 4 is 0 Å². The summed E-state index contributed by atoms with van der Waals surface area (Å²) in [7, 11) is 0. The fourth-order valence-corrected chi connectivity index (χ4v) is 3.22. The second kappa shape index (κ2) is 6.52. The Kier molecular flexibility index (Phi) is 4.23. The van der Waals surface area contributed by atoms with Crippen LogP contribution >= 0.6 is 0 Å². The normalized spacial score (nSPS) is 26.5. The summed E-state index contributed by atoms with van der Waals surface area (Å²) >= 11 is 0. The second-order valence-electron chi connectivity index (χ2n) is 6.85. The van der Waals surface area contributed by atoms with Gasteiger partial charge in [-0.05, 0) is 36.5 Å². The van der Waals surface area contributed by atoms with Crippen LogP contribution in [0.3, 0.4) is 0 Å². The van der Waals surface area contributed by atoms with Gasteiger partial charge in [0.25, 0.3) is 0 Å². The van der Waals surface area contributed by atoms with Gasteiger partial charge in [-0.25, -0.2) is 9.37 Å². The molecule has 1 heterocycles. The molecule has 0 aliphatic heterocycles. The zero-order chi connectivity index (χ0) is 16.4. The molecule has 2 fully saturated rings. The third kappa shape index (κ3) is 3.29. The summed E-state index contributed by atoms with van der Waals surface area (Å²) in [5.74, 6) is 0.544. The molecule has 0 amide bonds. The van der Waals surface area contributed by atoms with Gasteiger partial charge in [-0.1, -0.05) is 30.3 Å². The highest BCUT2D eigenvalue weighted by Crippen LogP contribution is 2.47. The third-order valence-corrected chi connectivity index (χ3v) is 5.02. The van der Waals surface area contributed by atoms with Crippen LogP contribution in [0, 0.1) is 0 Å². The number of hydrogen-bond acceptors (Lipinski definition) is 3. The summed E-state index contributed by atoms with van der Waals surface area (Å²) in [4.78, 5) is 4.21. The van der Waals surface area contributed by atoms with E-state index in [1.54, 1.807) is 18.3 Å². The topological polar surface area (TPSA) is 31.4 Å². The van der Waals surface area contributed by atoms with E-state index < -0.39 is 5.67 Å². The predicted octanol–water partition coefficient (Wildman–Crippen LogP) is 4.56. The van der Waals surface area contributed by atoms with Crippen LogP contribution in [0.25, 0.3) is 0 Å². The number of nitrogens with zero attached hydrogens (tertiary/aromatic N) is 1. The van der Waals surface area contributed by atoms with Crippen molar-refractivity contribution in [2.24, 2.45) is 0 Å². The van der Waals surface area contributed by atoms with Crippen LogP contribution in [-0.4, -0.2) is 17.2 Å². The highest BCUT2D eigenvalue weighted by molar-refractivity contribution is 5.29. The van der Waals surface area contributed by atoms with Gasteiger partial charge in [0.2, 0.25) is 5.88 Å². The molecule has 0 unspecified atom stereocenters. The molecule has 24 heavy (non-hydrogen) atoms. The fraction of sp³-hybridized carbons (Fsp3) is 0.450. The molecule has 1 aromatic carbocycles. The van der Waals surface area contributed by atoms with E-state index in [-0.39, 0.29) is 12.2 Å². The van der Waals surface area contributed by atoms with Crippen LogP contribution in [0.5, 0.6) is 5.88 Å². The minimum Gasteiger partial charge on any atom is -0.474 e. The van der Waals surface area contributed by atoms with Crippen molar-refractivity contribution in [3.8, 4) is 5.88 Å². The first-order valence-corrected chi connectivity index (χ1v) is 8.69. The zero-order valence-electron chi connectivity index (χ0n) is 13.7. The third-order valence-electron chi connectivity index (χ3n) is 5.02. The molecule has 4 heteroatoms. The van der Waals surface area contributed by atoms with E-state index in [2.05, 4.69) is 4.98 Å². The summed E-state index contributed by atoms with van der Waals surface area (Å²) in [5, 5.41) is 0. The number of hydrogen-bond donors (Lipinski definition) is 0. The van der Waals surface area contributed by atoms with Gasteiger partial charge < -0.3 is 9.47 Å². The minimum absolute atomic E-state index is 0.0284. The molecule has 2 aromatic rings. The van der Waals surface area contributed by atoms with Crippen molar-refractivity contribution in [1.29, 1.82) is 0 Å². The lowest BCUT2D eigenvalue weighted by atomic mass is 9.74. The Labute approximate surface area is 141 Å². The average molecular weight is 327 g/mol. The lowest BCUT2D eigenvalue weighted by molar-refractivity contribution is -0.107. The van der Waals surface area contributed by atoms with Gasteiger partial charge in [0.1, 0.15) is 11.8 Å². The van der Waals surface area contributed by atoms with Gasteiger partial charge in [0, 0.05) is 25.1 Å². The Morgan fingerprint density at radius 2 is 1.88 bits per heavy atom. The molecule has 0 spiro atoms. The van der Waals surface area contributed by atoms with E-state index in [9.17, 15) is 0 Å². The number of ether oxygens (including phenoxy) is 2. The summed E-state index contributed by atoms with van der Waals surface area (Å²) in [6.45, 7) is 0.536. The van der Waals surface area contributed by atoms with Crippen molar-refractivity contribution in [1.82, 2.24) is 4.98 Å². The minimum atomic E-state index is -1.32. The first-order chi connectivity index (χ1) is 11.7. The Morgan fingerprint density at radius 1 is 1.08 bits per heavy atom. The smallest absolute Gasteiger partial charge is 0.213 e. The van der Waals surface area contributed by atoms with Crippen molar-refractivity contribution in [3.05, 3.63) is 59.8 Å². The zero-order valence-corrected chi connectivity index (χ0v) is 13.7. The van der Waals surface area contributed by atoms with Crippen molar-refractivity contribution in [2.45, 2.75) is 56.6 Å². The van der Waals surface area contributed by atoms with Crippen LogP contribution in [0.1, 0.15) is 43.2 Å². The summed E-state index contributed by atoms with van der Waals surface area (Å²) in [6.07, 6.45) is 6.01. The van der Waals surface area contributed by atoms with E-state index in [0.717, 1.165) is 18.4 Å². The van der Waals surface area contributed by atoms with Gasteiger partial charge in [0.15, 0.2) is 0 Å². The highest BCUT2D eigenvalue weighted by atomic mass is 19.1. The molecule has 3 nitrogen and oxygen atoms in total. The SMILES string of the molecule is F[C@]1(c2ccnc(OC3CCC3)c2)C[C@@H](OCc2ccccc2)C1. The van der Waals surface area contributed by atoms with Gasteiger partial charge >= 0.3 is 0 Å². The first-order valence-electron chi connectivity index (χ1n) is 8.69. The van der Waals surface area contributed by atoms with Crippen LogP contribution in [0.15, 0.2) is 48.7 Å². The number of benzene rings is 1. The summed E-state index contributed by atoms with van der Waals surface area (Å²) in [6, 6.07) is 13.5. The standard InChI is InChI=1S/C20H22FNO2/c21-20(12-18(13-20)23-14-15-5-2-1-3-6-15)16-9-10-22-19(11-16)24-17-7-4-8-17/h1-3,5-6,9-11,17-18H,4,7-8,12-14H2/t18-,20-. The van der Waals surface area contributed by atoms with Gasteiger partial charge in [-0.15, -0.1) is 0 Å². The van der Waals surface area contributed by atoms with E-state index in [1.807, 2.05) is 30.3 Å². The molecule has 126 valence electrons. The van der Waals surface area contributed by atoms with Crippen molar-refractivity contribution < 1.29 is 13.9 Å². The van der Waals surface area contributed by atoms with E-state index in [4.69, 9.17) is 9.47 Å². The highest BCUT2D eigenvalue weighted by Gasteiger charge is 2.47. The second-order valence-corrected chi connectivity index (χ2v) is 6.85. The number of halogens is 1. The molecular formula is C20H22FNO2. The average Bonchev–Trinajstić information content (AvgIpc) is 2.55. The summed E-state index contributed by atoms with van der Waals surface area (Å²) < 4.78 is 26.7. The molecule has 0 bridgehead atoms. The number of rotatable bonds is 6. The molecule has 2 aliphatic rings. The quantitative estimate of drug-likeness (QED) is 0.779. The Balaban J connectivity index is 1.33. The number of alkyl halides is 1. The Bertz CT molecular complexity index is 681. The fourth-order valence-electron chi connectivity index (χ4n) is 3.22. The van der Waals surface area contributed by atoms with Crippen LogP contribution in [0.4, 0.5) is 4.39 Å². The number of pyridine rings is 1. The van der Waals surface area contributed by atoms with Crippen LogP contribution in [-0.2, 0) is 17.0 Å². The van der Waals surface area contributed by atoms with Crippen molar-refractivity contribution in [3.63, 3.8) is 0 Å². The predicted molar refractivity (Wildman–Crippen MR) is 89.5 cm³/mol. The monoisotopic (exact) mass is 327 g/mol. The largest absolute Gasteiger partial charge is 0.474 e. The Morgan fingerprint density at radius 3 is 2.58 bits per heavy atom. The van der Waals surface area contributed by atoms with E-state index in [1.165, 1.54) is 6.42 Å². The van der Waals surface area contributed by atoms with E-state index in [0.29, 0.717) is 30.9 Å². The summed E-state index contributed by atoms with van der Waals surface area (Å²) in [5.41, 5.74) is 0.461. The maximum absolute atomic E-state index is 15.1. The molecule has 0 atom stereocenters. The lowest BCUT2D eigenvalue weighted by Crippen LogP contribution is -2.42. The molecule has 1 aromatic heterocycles. The Hall–Kier alpha value is -1.94. The molecule has 4 rings (SSSR count). The maximum atomic E-state index is 15.1.